The van der Waals surface area contributed by atoms with Crippen molar-refractivity contribution >= 4 is 39.1 Å². The van der Waals surface area contributed by atoms with Gasteiger partial charge in [-0.1, -0.05) is 60.1 Å². The van der Waals surface area contributed by atoms with Gasteiger partial charge in [0.05, 0.1) is 17.1 Å². The number of rotatable bonds is 8. The van der Waals surface area contributed by atoms with Gasteiger partial charge in [0.1, 0.15) is 10.7 Å². The van der Waals surface area contributed by atoms with Gasteiger partial charge in [-0.15, -0.1) is 11.3 Å². The van der Waals surface area contributed by atoms with Gasteiger partial charge >= 0.3 is 0 Å². The van der Waals surface area contributed by atoms with Gasteiger partial charge in [-0.2, -0.15) is 5.10 Å². The van der Waals surface area contributed by atoms with Gasteiger partial charge in [-0.3, -0.25) is 9.48 Å². The second kappa shape index (κ2) is 9.83. The van der Waals surface area contributed by atoms with E-state index >= 15 is 0 Å². The lowest BCUT2D eigenvalue weighted by Crippen LogP contribution is -2.25. The second-order valence-electron chi connectivity index (χ2n) is 8.13. The molecule has 0 saturated heterocycles. The molecule has 1 N–H and O–H groups in total. The van der Waals surface area contributed by atoms with E-state index in [-0.39, 0.29) is 5.91 Å². The molecule has 5 aromatic rings. The molecule has 1 amide bonds. The fraction of sp³-hybridized carbons (Fsp3) is 0.192. The van der Waals surface area contributed by atoms with Crippen molar-refractivity contribution in [3.8, 4) is 0 Å². The number of imidazole rings is 1. The van der Waals surface area contributed by atoms with Crippen LogP contribution in [0.3, 0.4) is 0 Å². The third-order valence-electron chi connectivity index (χ3n) is 5.74. The number of hydrogen-bond acceptors (Lipinski definition) is 4. The minimum atomic E-state index is -0.0777. The molecular weight excluding hydrogens is 466 g/mol. The lowest BCUT2D eigenvalue weighted by Gasteiger charge is -2.08. The molecule has 0 atom stereocenters. The molecule has 0 saturated carbocycles. The van der Waals surface area contributed by atoms with Crippen molar-refractivity contribution in [1.29, 1.82) is 0 Å². The average molecular weight is 490 g/mol. The number of amides is 1. The highest BCUT2D eigenvalue weighted by Crippen LogP contribution is 2.29. The standard InChI is InChI=1S/C26H24ClN5OS/c1-18-21-15-23(34-26(21)32(30-18)17-20-9-5-6-10-22(20)27)25(33)29-12-11-24-28-13-14-31(24)16-19-7-3-2-4-8-19/h2-10,13-15H,11-12,16-17H2,1H3,(H,29,33). The lowest BCUT2D eigenvalue weighted by atomic mass is 10.2. The van der Waals surface area contributed by atoms with Crippen LogP contribution < -0.4 is 5.32 Å². The number of carbonyl (C=O) groups is 1. The molecule has 0 aliphatic heterocycles. The third-order valence-corrected chi connectivity index (χ3v) is 7.26. The summed E-state index contributed by atoms with van der Waals surface area (Å²) in [5.74, 6) is 0.873. The van der Waals surface area contributed by atoms with Crippen molar-refractivity contribution in [2.45, 2.75) is 26.4 Å². The molecule has 0 unspecified atom stereocenters. The zero-order valence-electron chi connectivity index (χ0n) is 18.7. The maximum Gasteiger partial charge on any atom is 0.261 e. The monoisotopic (exact) mass is 489 g/mol. The molecule has 8 heteroatoms. The molecule has 6 nitrogen and oxygen atoms in total. The molecular formula is C26H24ClN5OS. The molecule has 0 radical (unpaired) electrons. The van der Waals surface area contributed by atoms with Crippen LogP contribution in [0.2, 0.25) is 5.02 Å². The van der Waals surface area contributed by atoms with Crippen LogP contribution >= 0.6 is 22.9 Å². The Kier molecular flexibility index (Phi) is 6.47. The fourth-order valence-corrected chi connectivity index (χ4v) is 5.26. The topological polar surface area (TPSA) is 64.7 Å². The van der Waals surface area contributed by atoms with Gasteiger partial charge in [0.25, 0.3) is 5.91 Å². The van der Waals surface area contributed by atoms with Crippen LogP contribution in [0.25, 0.3) is 10.2 Å². The molecule has 172 valence electrons. The fourth-order valence-electron chi connectivity index (χ4n) is 3.99. The van der Waals surface area contributed by atoms with E-state index in [0.717, 1.165) is 33.8 Å². The number of nitrogens with zero attached hydrogens (tertiary/aromatic N) is 4. The first-order chi connectivity index (χ1) is 16.6. The second-order valence-corrected chi connectivity index (χ2v) is 9.56. The Morgan fingerprint density at radius 1 is 1.09 bits per heavy atom. The van der Waals surface area contributed by atoms with Gasteiger partial charge in [0, 0.05) is 42.3 Å². The summed E-state index contributed by atoms with van der Waals surface area (Å²) in [6, 6.07) is 20.0. The Morgan fingerprint density at radius 2 is 1.88 bits per heavy atom. The van der Waals surface area contributed by atoms with E-state index in [2.05, 4.69) is 32.1 Å². The number of aryl methyl sites for hydroxylation is 1. The van der Waals surface area contributed by atoms with Gasteiger partial charge in [0.2, 0.25) is 0 Å². The lowest BCUT2D eigenvalue weighted by molar-refractivity contribution is 0.0958. The maximum absolute atomic E-state index is 12.9. The number of fused-ring (bicyclic) bond motifs is 1. The minimum absolute atomic E-state index is 0.0777. The molecule has 0 aliphatic carbocycles. The summed E-state index contributed by atoms with van der Waals surface area (Å²) in [7, 11) is 0. The van der Waals surface area contributed by atoms with Gasteiger partial charge in [-0.05, 0) is 30.2 Å². The summed E-state index contributed by atoms with van der Waals surface area (Å²) < 4.78 is 4.04. The van der Waals surface area contributed by atoms with Crippen molar-refractivity contribution in [3.05, 3.63) is 106 Å². The Labute approximate surface area is 206 Å². The Bertz CT molecular complexity index is 1440. The first-order valence-electron chi connectivity index (χ1n) is 11.1. The first-order valence-corrected chi connectivity index (χ1v) is 12.3. The number of benzene rings is 2. The summed E-state index contributed by atoms with van der Waals surface area (Å²) in [5.41, 5.74) is 3.12. The largest absolute Gasteiger partial charge is 0.351 e. The summed E-state index contributed by atoms with van der Waals surface area (Å²) in [6.07, 6.45) is 4.44. The molecule has 34 heavy (non-hydrogen) atoms. The number of thiophene rings is 1. The van der Waals surface area contributed by atoms with E-state index in [4.69, 9.17) is 11.6 Å². The molecule has 3 heterocycles. The van der Waals surface area contributed by atoms with Crippen molar-refractivity contribution < 1.29 is 4.79 Å². The SMILES string of the molecule is Cc1nn(Cc2ccccc2Cl)c2sc(C(=O)NCCc3nccn3Cc3ccccc3)cc12. The van der Waals surface area contributed by atoms with Crippen LogP contribution in [-0.4, -0.2) is 31.8 Å². The van der Waals surface area contributed by atoms with E-state index in [9.17, 15) is 4.79 Å². The van der Waals surface area contributed by atoms with Gasteiger partial charge in [0.15, 0.2) is 0 Å². The molecule has 0 bridgehead atoms. The van der Waals surface area contributed by atoms with Crippen LogP contribution in [0.1, 0.15) is 32.3 Å². The van der Waals surface area contributed by atoms with Crippen LogP contribution in [0.5, 0.6) is 0 Å². The molecule has 0 spiro atoms. The summed E-state index contributed by atoms with van der Waals surface area (Å²) in [5, 5.41) is 9.41. The summed E-state index contributed by atoms with van der Waals surface area (Å²) in [6.45, 7) is 3.81. The van der Waals surface area contributed by atoms with Crippen LogP contribution in [0.4, 0.5) is 0 Å². The van der Waals surface area contributed by atoms with Gasteiger partial charge in [-0.25, -0.2) is 4.98 Å². The molecule has 2 aromatic carbocycles. The Balaban J connectivity index is 1.24. The number of nitrogens with one attached hydrogen (secondary N) is 1. The van der Waals surface area contributed by atoms with Crippen LogP contribution in [-0.2, 0) is 19.5 Å². The van der Waals surface area contributed by atoms with Crippen molar-refractivity contribution in [1.82, 2.24) is 24.6 Å². The third kappa shape index (κ3) is 4.76. The average Bonchev–Trinajstić information content (AvgIpc) is 3.54. The number of halogens is 1. The number of carbonyl (C=O) groups excluding carboxylic acids is 1. The zero-order chi connectivity index (χ0) is 23.5. The molecule has 3 aromatic heterocycles. The smallest absolute Gasteiger partial charge is 0.261 e. The van der Waals surface area contributed by atoms with Crippen LogP contribution in [0, 0.1) is 6.92 Å². The highest BCUT2D eigenvalue weighted by molar-refractivity contribution is 7.20. The summed E-state index contributed by atoms with van der Waals surface area (Å²) >= 11 is 7.79. The van der Waals surface area contributed by atoms with E-state index in [1.165, 1.54) is 16.9 Å². The predicted octanol–water partition coefficient (Wildman–Crippen LogP) is 5.33. The van der Waals surface area contributed by atoms with E-state index < -0.39 is 0 Å². The minimum Gasteiger partial charge on any atom is -0.351 e. The quantitative estimate of drug-likeness (QED) is 0.320. The Hall–Kier alpha value is -3.42. The zero-order valence-corrected chi connectivity index (χ0v) is 20.3. The highest BCUT2D eigenvalue weighted by atomic mass is 35.5. The van der Waals surface area contributed by atoms with E-state index in [0.29, 0.717) is 29.4 Å². The van der Waals surface area contributed by atoms with Crippen LogP contribution in [0.15, 0.2) is 73.1 Å². The summed E-state index contributed by atoms with van der Waals surface area (Å²) in [4.78, 5) is 19.0. The highest BCUT2D eigenvalue weighted by Gasteiger charge is 2.17. The Morgan fingerprint density at radius 3 is 2.71 bits per heavy atom. The normalized spacial score (nSPS) is 11.2. The van der Waals surface area contributed by atoms with Gasteiger partial charge < -0.3 is 9.88 Å². The molecule has 0 aliphatic rings. The van der Waals surface area contributed by atoms with Crippen molar-refractivity contribution in [2.75, 3.05) is 6.54 Å². The van der Waals surface area contributed by atoms with Crippen molar-refractivity contribution in [2.24, 2.45) is 0 Å². The molecule has 0 fully saturated rings. The number of aromatic nitrogens is 4. The first kappa shape index (κ1) is 22.4. The van der Waals surface area contributed by atoms with Crippen molar-refractivity contribution in [3.63, 3.8) is 0 Å². The predicted molar refractivity (Wildman–Crippen MR) is 137 cm³/mol. The number of hydrogen-bond donors (Lipinski definition) is 1. The molecule has 5 rings (SSSR count). The van der Waals surface area contributed by atoms with E-state index in [1.54, 1.807) is 6.20 Å². The van der Waals surface area contributed by atoms with E-state index in [1.807, 2.05) is 66.3 Å². The maximum atomic E-state index is 12.9.